The van der Waals surface area contributed by atoms with Crippen LogP contribution in [0.2, 0.25) is 0 Å². The normalized spacial score (nSPS) is 22.2. The molecular formula is C110H166Br3NO18. The summed E-state index contributed by atoms with van der Waals surface area (Å²) in [4.78, 5) is 38.6. The number of unbranched alkanes of at least 4 members (excludes halogenated alkanes) is 12. The lowest BCUT2D eigenvalue weighted by atomic mass is 9.48. The summed E-state index contributed by atoms with van der Waals surface area (Å²) >= 11 is 10.5. The van der Waals surface area contributed by atoms with Crippen LogP contribution in [0.1, 0.15) is 382 Å². The first-order valence-electron chi connectivity index (χ1n) is 49.3. The molecule has 132 heavy (non-hydrogen) atoms. The standard InChI is InChI=1S/C30H45BrO4.C25H37BrO3.C25H37NO6.C15H23BrO2.C15H24O3/c1-28(2,3)27(33)34-19-20-12-13-23-22(16-20)26-24(32)17-21(18-25(26)35-30(23,6)7)29(4,5)14-10-8-9-11-15-31;1-24(2,11-7-5-6-8-12-26)18-14-21(28)23-19-13-17(16-27)9-10-20(19)25(3,4)29-22(23)15-18;1-24(2,11-7-5-6-8-12-31-26(29)30)18-14-21(28)23-19-13-17(16-27)9-10-20(19)25(3,4)32-22(23)15-18;1-15(2,7-5-3-4-6-8-16)12-9-13(17)11-14(18)10-12;1-14(2,3)13(17)18-8-9-6-12(16)11-7-10(9)15(11,4)5/h12,17-18,22-23,32H,8-11,13-16,19H2,1-7H3;9,14-15,19-20,27-28H,5-8,10-13,16H2,1-4H3;9,14-15,19-20,27-28H,5-8,10-13,16H2,1-4H3;9-11,17-18H,3-8H2,1-2H3;6,10-12,16H,7-8H2,1-5H3/t22-,23-;2*19-,20-;;10-,11+,12?/m000.1/s1. The van der Waals surface area contributed by atoms with E-state index >= 15 is 0 Å². The number of ether oxygens (including phenoxy) is 5. The maximum absolute atomic E-state index is 12.3. The van der Waals surface area contributed by atoms with Crippen molar-refractivity contribution >= 4 is 59.7 Å². The molecule has 13 rings (SSSR count). The fourth-order valence-electron chi connectivity index (χ4n) is 21.2. The van der Waals surface area contributed by atoms with E-state index in [0.29, 0.717) is 48.9 Å². The number of alkyl halides is 3. The molecule has 4 aromatic carbocycles. The van der Waals surface area contributed by atoms with Crippen LogP contribution in [0.3, 0.4) is 0 Å². The van der Waals surface area contributed by atoms with Crippen LogP contribution in [0, 0.1) is 55.9 Å². The van der Waals surface area contributed by atoms with Crippen molar-refractivity contribution < 1.29 is 84.0 Å². The highest BCUT2D eigenvalue weighted by Crippen LogP contribution is 2.62. The summed E-state index contributed by atoms with van der Waals surface area (Å²) < 4.78 is 30.5. The van der Waals surface area contributed by atoms with Crippen LogP contribution in [0.15, 0.2) is 101 Å². The van der Waals surface area contributed by atoms with E-state index in [9.17, 15) is 60.6 Å². The SMILES string of the molecule is CC(C)(C)C(=O)OCC1=CC(O)[C@@H]2C[C@H]1C2(C)C.CC(C)(C)C(=O)OCC1=CC[C@H]2[C@H](C1)c1c(O)cc(C(C)(C)CCCCCCBr)cc1OC2(C)C.CC(C)(CCCCCCBr)c1cc(O)c2c(c1)OC(C)(C)[C@H]1CC=C(CO)C[C@H]21.CC(C)(CCCCCCBr)c1cc(O)cc(O)c1.CC(C)(CCCCCCO[N+](=O)[O-])c1cc(O)c2c(c1)OC(C)(C)[C@H]1CC=C(CO)C[C@H]21. The van der Waals surface area contributed by atoms with Crippen molar-refractivity contribution in [3.63, 3.8) is 0 Å². The highest BCUT2D eigenvalue weighted by molar-refractivity contribution is 9.09. The van der Waals surface area contributed by atoms with Gasteiger partial charge in [0.05, 0.1) is 36.8 Å². The number of phenols is 5. The van der Waals surface area contributed by atoms with Gasteiger partial charge in [-0.05, 0) is 311 Å². The summed E-state index contributed by atoms with van der Waals surface area (Å²) in [5.41, 5.74) is 9.35. The van der Waals surface area contributed by atoms with E-state index in [-0.39, 0.29) is 129 Å². The van der Waals surface area contributed by atoms with E-state index in [1.54, 1.807) is 12.1 Å². The molecule has 3 heterocycles. The van der Waals surface area contributed by atoms with Gasteiger partial charge in [0, 0.05) is 74.3 Å². The van der Waals surface area contributed by atoms with E-state index in [2.05, 4.69) is 200 Å². The molecule has 0 saturated heterocycles. The first-order valence-corrected chi connectivity index (χ1v) is 52.6. The fraction of sp³-hybridized carbons (Fsp3) is 0.691. The monoisotopic (exact) mass is 2030 g/mol. The largest absolute Gasteiger partial charge is 0.508 e. The van der Waals surface area contributed by atoms with E-state index < -0.39 is 15.9 Å². The number of rotatable bonds is 36. The van der Waals surface area contributed by atoms with Crippen LogP contribution >= 0.6 is 47.8 Å². The number of fused-ring (bicyclic) bond motifs is 10. The molecule has 3 aliphatic heterocycles. The van der Waals surface area contributed by atoms with Crippen molar-refractivity contribution in [2.45, 2.75) is 388 Å². The number of phenolic OH excluding ortho intramolecular Hbond substituents is 5. The molecule has 8 N–H and O–H groups in total. The Balaban J connectivity index is 0.000000208. The minimum atomic E-state index is -0.745. The number of nitrogens with zero attached hydrogens (tertiary/aromatic N) is 1. The van der Waals surface area contributed by atoms with Gasteiger partial charge in [-0.25, -0.2) is 0 Å². The second-order valence-corrected chi connectivity index (χ2v) is 48.2. The number of aliphatic hydroxyl groups is 3. The van der Waals surface area contributed by atoms with Crippen LogP contribution in [-0.2, 0) is 45.6 Å². The lowest BCUT2D eigenvalue weighted by Gasteiger charge is -2.58. The molecular weight excluding hydrogens is 1860 g/mol. The van der Waals surface area contributed by atoms with Gasteiger partial charge < -0.3 is 69.4 Å². The molecule has 1 fully saturated rings. The average Bonchev–Trinajstić information content (AvgIpc) is 0.732. The molecule has 0 radical (unpaired) electrons. The number of carbonyl (C=O) groups excluding carboxylic acids is 2. The number of hydrogen-bond donors (Lipinski definition) is 8. The number of hydrogen-bond acceptors (Lipinski definition) is 18. The molecule has 22 heteroatoms. The molecule has 19 nitrogen and oxygen atoms in total. The Labute approximate surface area is 817 Å². The molecule has 9 aliphatic rings. The second-order valence-electron chi connectivity index (χ2n) is 45.9. The maximum atomic E-state index is 12.3. The van der Waals surface area contributed by atoms with Gasteiger partial charge in [0.25, 0.3) is 5.09 Å². The second kappa shape index (κ2) is 47.4. The van der Waals surface area contributed by atoms with Gasteiger partial charge in [0.2, 0.25) is 0 Å². The summed E-state index contributed by atoms with van der Waals surface area (Å²) in [5.74, 6) is 5.41. The summed E-state index contributed by atoms with van der Waals surface area (Å²) in [7, 11) is 0. The minimum absolute atomic E-state index is 0.00596. The number of halogens is 3. The third kappa shape index (κ3) is 29.6. The number of carbonyl (C=O) groups is 2. The van der Waals surface area contributed by atoms with Crippen molar-refractivity contribution in [3.8, 4) is 46.0 Å². The van der Waals surface area contributed by atoms with Crippen molar-refractivity contribution in [3.05, 3.63) is 150 Å². The smallest absolute Gasteiger partial charge is 0.311 e. The van der Waals surface area contributed by atoms with Crippen molar-refractivity contribution in [1.82, 2.24) is 0 Å². The van der Waals surface area contributed by atoms with Gasteiger partial charge in [-0.1, -0.05) is 218 Å². The molecule has 740 valence electrons. The molecule has 0 spiro atoms. The van der Waals surface area contributed by atoms with E-state index in [1.807, 2.05) is 65.8 Å². The average molecular weight is 2030 g/mol. The van der Waals surface area contributed by atoms with Crippen LogP contribution in [-0.4, -0.2) is 130 Å². The highest BCUT2D eigenvalue weighted by Gasteiger charge is 2.56. The van der Waals surface area contributed by atoms with Crippen molar-refractivity contribution in [2.24, 2.45) is 45.8 Å². The Bertz CT molecular complexity index is 4590. The third-order valence-electron chi connectivity index (χ3n) is 30.1. The molecule has 1 unspecified atom stereocenters. The Morgan fingerprint density at radius 3 is 1.05 bits per heavy atom. The third-order valence-corrected chi connectivity index (χ3v) is 31.8. The van der Waals surface area contributed by atoms with Gasteiger partial charge in [0.1, 0.15) is 76.0 Å². The topological polar surface area (TPSA) is 294 Å². The summed E-state index contributed by atoms with van der Waals surface area (Å²) in [6, 6.07) is 17.1. The number of allylic oxidation sites excluding steroid dienone is 3. The Morgan fingerprint density at radius 2 is 0.742 bits per heavy atom. The van der Waals surface area contributed by atoms with Gasteiger partial charge in [-0.3, -0.25) is 9.59 Å². The summed E-state index contributed by atoms with van der Waals surface area (Å²) in [5, 5.41) is 94.5. The molecule has 0 aromatic heterocycles. The zero-order valence-corrected chi connectivity index (χ0v) is 88.9. The lowest BCUT2D eigenvalue weighted by Crippen LogP contribution is -2.54. The van der Waals surface area contributed by atoms with Crippen LogP contribution in [0.25, 0.3) is 0 Å². The number of aromatic hydroxyl groups is 5. The fourth-order valence-corrected chi connectivity index (χ4v) is 22.4. The Kier molecular flexibility index (Phi) is 39.8. The Morgan fingerprint density at radius 1 is 0.432 bits per heavy atom. The molecule has 9 atom stereocenters. The predicted molar refractivity (Wildman–Crippen MR) is 542 cm³/mol. The first-order chi connectivity index (χ1) is 61.6. The number of benzene rings is 4. The number of esters is 2. The summed E-state index contributed by atoms with van der Waals surface area (Å²) in [6.45, 7) is 47.1. The first kappa shape index (κ1) is 111. The zero-order valence-electron chi connectivity index (χ0n) is 84.2. The Hall–Kier alpha value is -6.30. The van der Waals surface area contributed by atoms with Crippen LogP contribution < -0.4 is 14.2 Å². The van der Waals surface area contributed by atoms with Gasteiger partial charge in [-0.15, -0.1) is 10.1 Å². The molecule has 2 bridgehead atoms. The van der Waals surface area contributed by atoms with Crippen molar-refractivity contribution in [2.75, 3.05) is 49.0 Å². The quantitative estimate of drug-likeness (QED) is 0.00524. The predicted octanol–water partition coefficient (Wildman–Crippen LogP) is 27.5. The summed E-state index contributed by atoms with van der Waals surface area (Å²) in [6.07, 6.45) is 36.3. The molecule has 0 amide bonds. The highest BCUT2D eigenvalue weighted by atomic mass is 79.9. The van der Waals surface area contributed by atoms with Crippen LogP contribution in [0.5, 0.6) is 46.0 Å². The molecule has 4 aromatic rings. The maximum Gasteiger partial charge on any atom is 0.311 e. The zero-order chi connectivity index (χ0) is 98.1. The molecule has 1 saturated carbocycles. The lowest BCUT2D eigenvalue weighted by molar-refractivity contribution is -0.757. The van der Waals surface area contributed by atoms with E-state index in [1.165, 1.54) is 83.1 Å². The van der Waals surface area contributed by atoms with Gasteiger partial charge >= 0.3 is 11.9 Å². The minimum Gasteiger partial charge on any atom is -0.508 e. The van der Waals surface area contributed by atoms with E-state index in [0.717, 1.165) is 184 Å². The van der Waals surface area contributed by atoms with Crippen LogP contribution in [0.4, 0.5) is 0 Å². The van der Waals surface area contributed by atoms with Gasteiger partial charge in [-0.2, -0.15) is 0 Å². The molecule has 6 aliphatic carbocycles. The van der Waals surface area contributed by atoms with Crippen molar-refractivity contribution in [1.29, 1.82) is 0 Å². The van der Waals surface area contributed by atoms with Gasteiger partial charge in [0.15, 0.2) is 0 Å². The number of aliphatic hydroxyl groups excluding tert-OH is 3. The van der Waals surface area contributed by atoms with E-state index in [4.69, 9.17) is 23.7 Å².